The molecule has 2 aromatic carbocycles. The van der Waals surface area contributed by atoms with Gasteiger partial charge in [0.05, 0.1) is 27.4 Å². The topological polar surface area (TPSA) is 69.6 Å². The van der Waals surface area contributed by atoms with Crippen LogP contribution in [0.4, 0.5) is 0 Å². The molecule has 2 aliphatic rings. The van der Waals surface area contributed by atoms with Gasteiger partial charge in [-0.15, -0.1) is 0 Å². The number of methoxy groups -OCH3 is 3. The van der Waals surface area contributed by atoms with Crippen LogP contribution in [-0.4, -0.2) is 51.7 Å². The fourth-order valence-corrected chi connectivity index (χ4v) is 4.26. The summed E-state index contributed by atoms with van der Waals surface area (Å²) >= 11 is 0. The molecule has 0 fully saturated rings. The normalized spacial score (nSPS) is 18.9. The molecule has 0 saturated heterocycles. The third-order valence-electron chi connectivity index (χ3n) is 5.79. The molecule has 2 aliphatic heterocycles. The largest absolute Gasteiger partial charge is 0.497 e. The highest BCUT2D eigenvalue weighted by molar-refractivity contribution is 5.62. The summed E-state index contributed by atoms with van der Waals surface area (Å²) in [6.45, 7) is 1.07. The number of hydrogen-bond acceptors (Lipinski definition) is 7. The van der Waals surface area contributed by atoms with E-state index in [1.54, 1.807) is 21.3 Å². The minimum Gasteiger partial charge on any atom is -0.497 e. The first-order chi connectivity index (χ1) is 14.1. The Hall–Kier alpha value is -2.64. The Kier molecular flexibility index (Phi) is 5.43. The predicted molar refractivity (Wildman–Crippen MR) is 107 cm³/mol. The van der Waals surface area contributed by atoms with Crippen molar-refractivity contribution < 1.29 is 28.8 Å². The molecule has 0 unspecified atom stereocenters. The minimum atomic E-state index is -0.742. The summed E-state index contributed by atoms with van der Waals surface area (Å²) in [6.07, 6.45) is 0.616. The van der Waals surface area contributed by atoms with Gasteiger partial charge in [0.2, 0.25) is 12.5 Å². The van der Waals surface area contributed by atoms with Crippen LogP contribution in [0, 0.1) is 0 Å². The standard InChI is InChI=1S/C22H27NO6/c1-23-8-7-13-9-19-21(29-12-28-19)22(27-4)20(13)16(23)11-17(24)15-10-14(25-2)5-6-18(15)26-3/h5-6,9-10,16-17,24H,7-8,11-12H2,1-4H3/t16-,17+/m1/s1. The lowest BCUT2D eigenvalue weighted by molar-refractivity contribution is 0.105. The van der Waals surface area contributed by atoms with E-state index in [1.807, 2.05) is 24.3 Å². The monoisotopic (exact) mass is 401 g/mol. The average Bonchev–Trinajstić information content (AvgIpc) is 3.21. The van der Waals surface area contributed by atoms with Crippen LogP contribution in [0.2, 0.25) is 0 Å². The zero-order chi connectivity index (χ0) is 20.5. The van der Waals surface area contributed by atoms with Crippen LogP contribution in [0.3, 0.4) is 0 Å². The van der Waals surface area contributed by atoms with E-state index >= 15 is 0 Å². The molecule has 2 heterocycles. The summed E-state index contributed by atoms with van der Waals surface area (Å²) in [5, 5.41) is 11.1. The molecule has 2 aromatic rings. The maximum Gasteiger partial charge on any atom is 0.231 e. The van der Waals surface area contributed by atoms with Crippen molar-refractivity contribution in [1.82, 2.24) is 4.90 Å². The molecule has 0 aliphatic carbocycles. The van der Waals surface area contributed by atoms with Gasteiger partial charge in [-0.3, -0.25) is 4.90 Å². The number of benzene rings is 2. The molecule has 7 heteroatoms. The lowest BCUT2D eigenvalue weighted by Crippen LogP contribution is -2.33. The number of fused-ring (bicyclic) bond motifs is 2. The zero-order valence-electron chi connectivity index (χ0n) is 17.2. The van der Waals surface area contributed by atoms with E-state index < -0.39 is 6.10 Å². The summed E-state index contributed by atoms with van der Waals surface area (Å²) in [6, 6.07) is 7.45. The fraction of sp³-hybridized carbons (Fsp3) is 0.455. The summed E-state index contributed by atoms with van der Waals surface area (Å²) in [7, 11) is 6.91. The highest BCUT2D eigenvalue weighted by Crippen LogP contribution is 2.51. The Morgan fingerprint density at radius 3 is 2.69 bits per heavy atom. The van der Waals surface area contributed by atoms with Gasteiger partial charge in [0.15, 0.2) is 11.5 Å². The first-order valence-electron chi connectivity index (χ1n) is 9.67. The van der Waals surface area contributed by atoms with E-state index in [1.165, 1.54) is 5.56 Å². The average molecular weight is 401 g/mol. The van der Waals surface area contributed by atoms with Gasteiger partial charge in [-0.25, -0.2) is 0 Å². The highest BCUT2D eigenvalue weighted by atomic mass is 16.7. The van der Waals surface area contributed by atoms with Crippen LogP contribution >= 0.6 is 0 Å². The van der Waals surface area contributed by atoms with E-state index in [9.17, 15) is 5.11 Å². The maximum absolute atomic E-state index is 11.1. The molecule has 29 heavy (non-hydrogen) atoms. The van der Waals surface area contributed by atoms with Crippen LogP contribution < -0.4 is 23.7 Å². The Labute approximate surface area is 170 Å². The summed E-state index contributed by atoms with van der Waals surface area (Å²) < 4.78 is 27.8. The number of nitrogens with zero attached hydrogens (tertiary/aromatic N) is 1. The van der Waals surface area contributed by atoms with E-state index in [2.05, 4.69) is 11.9 Å². The van der Waals surface area contributed by atoms with Crippen molar-refractivity contribution in [3.63, 3.8) is 0 Å². The summed E-state index contributed by atoms with van der Waals surface area (Å²) in [5.41, 5.74) is 2.91. The SMILES string of the molecule is COc1ccc(OC)c([C@@H](O)C[C@@H]2c3c(cc4c(c3OC)OCO4)CCN2C)c1. The van der Waals surface area contributed by atoms with Gasteiger partial charge in [-0.1, -0.05) is 0 Å². The molecule has 156 valence electrons. The van der Waals surface area contributed by atoms with Gasteiger partial charge in [0.25, 0.3) is 0 Å². The second-order valence-corrected chi connectivity index (χ2v) is 7.32. The van der Waals surface area contributed by atoms with E-state index in [4.69, 9.17) is 23.7 Å². The number of likely N-dealkylation sites (N-methyl/N-ethyl adjacent to an activating group) is 1. The van der Waals surface area contributed by atoms with Crippen LogP contribution in [0.25, 0.3) is 0 Å². The molecule has 0 saturated carbocycles. The molecular weight excluding hydrogens is 374 g/mol. The van der Waals surface area contributed by atoms with Crippen molar-refractivity contribution >= 4 is 0 Å². The van der Waals surface area contributed by atoms with Crippen LogP contribution in [0.5, 0.6) is 28.7 Å². The Morgan fingerprint density at radius 1 is 1.14 bits per heavy atom. The lowest BCUT2D eigenvalue weighted by Gasteiger charge is -2.37. The molecule has 0 aromatic heterocycles. The van der Waals surface area contributed by atoms with Crippen molar-refractivity contribution in [3.05, 3.63) is 41.0 Å². The van der Waals surface area contributed by atoms with Crippen molar-refractivity contribution in [3.8, 4) is 28.7 Å². The number of aliphatic hydroxyl groups is 1. The molecule has 4 rings (SSSR count). The van der Waals surface area contributed by atoms with Crippen LogP contribution in [0.15, 0.2) is 24.3 Å². The van der Waals surface area contributed by atoms with E-state index in [0.29, 0.717) is 35.0 Å². The van der Waals surface area contributed by atoms with Crippen LogP contribution in [0.1, 0.15) is 35.3 Å². The molecule has 0 bridgehead atoms. The third-order valence-corrected chi connectivity index (χ3v) is 5.79. The Balaban J connectivity index is 1.72. The fourth-order valence-electron chi connectivity index (χ4n) is 4.26. The smallest absolute Gasteiger partial charge is 0.231 e. The second kappa shape index (κ2) is 8.00. The number of hydrogen-bond donors (Lipinski definition) is 1. The number of rotatable bonds is 6. The second-order valence-electron chi connectivity index (χ2n) is 7.32. The summed E-state index contributed by atoms with van der Waals surface area (Å²) in [5.74, 6) is 3.36. The lowest BCUT2D eigenvalue weighted by atomic mass is 9.87. The van der Waals surface area contributed by atoms with Crippen molar-refractivity contribution in [2.45, 2.75) is 25.0 Å². The van der Waals surface area contributed by atoms with Gasteiger partial charge in [-0.2, -0.15) is 0 Å². The number of aliphatic hydroxyl groups excluding tert-OH is 1. The number of ether oxygens (including phenoxy) is 5. The Bertz CT molecular complexity index is 899. The highest BCUT2D eigenvalue weighted by Gasteiger charge is 2.35. The first-order valence-corrected chi connectivity index (χ1v) is 9.67. The predicted octanol–water partition coefficient (Wildman–Crippen LogP) is 3.09. The van der Waals surface area contributed by atoms with Crippen LogP contribution in [-0.2, 0) is 6.42 Å². The first kappa shape index (κ1) is 19.7. The molecule has 0 spiro atoms. The van der Waals surface area contributed by atoms with Gasteiger partial charge in [-0.05, 0) is 49.7 Å². The van der Waals surface area contributed by atoms with E-state index in [-0.39, 0.29) is 12.8 Å². The maximum atomic E-state index is 11.1. The van der Waals surface area contributed by atoms with Gasteiger partial charge in [0.1, 0.15) is 11.5 Å². The quantitative estimate of drug-likeness (QED) is 0.798. The minimum absolute atomic E-state index is 0.0471. The molecular formula is C22H27NO6. The zero-order valence-corrected chi connectivity index (χ0v) is 17.2. The third kappa shape index (κ3) is 3.45. The molecule has 0 radical (unpaired) electrons. The molecule has 2 atom stereocenters. The van der Waals surface area contributed by atoms with Crippen molar-refractivity contribution in [1.29, 1.82) is 0 Å². The molecule has 7 nitrogen and oxygen atoms in total. The van der Waals surface area contributed by atoms with Gasteiger partial charge >= 0.3 is 0 Å². The van der Waals surface area contributed by atoms with Crippen molar-refractivity contribution in [2.75, 3.05) is 41.7 Å². The van der Waals surface area contributed by atoms with Crippen molar-refractivity contribution in [2.24, 2.45) is 0 Å². The Morgan fingerprint density at radius 2 is 1.97 bits per heavy atom. The van der Waals surface area contributed by atoms with Gasteiger partial charge in [0, 0.05) is 23.7 Å². The van der Waals surface area contributed by atoms with E-state index in [0.717, 1.165) is 24.3 Å². The summed E-state index contributed by atoms with van der Waals surface area (Å²) in [4.78, 5) is 2.24. The molecule has 0 amide bonds. The van der Waals surface area contributed by atoms with Gasteiger partial charge < -0.3 is 28.8 Å². The molecule has 1 N–H and O–H groups in total.